The topological polar surface area (TPSA) is 17.1 Å². The first-order chi connectivity index (χ1) is 5.00. The van der Waals surface area contributed by atoms with Crippen LogP contribution in [0.25, 0.3) is 0 Å². The second-order valence-corrected chi connectivity index (χ2v) is 3.82. The van der Waals surface area contributed by atoms with E-state index in [-0.39, 0.29) is 11.8 Å². The van der Waals surface area contributed by atoms with Crippen molar-refractivity contribution >= 4 is 5.78 Å². The lowest BCUT2D eigenvalue weighted by Crippen LogP contribution is -2.23. The van der Waals surface area contributed by atoms with Gasteiger partial charge in [0, 0.05) is 11.8 Å². The fourth-order valence-electron chi connectivity index (χ4n) is 1.43. The summed E-state index contributed by atoms with van der Waals surface area (Å²) in [5, 5.41) is 0. The summed E-state index contributed by atoms with van der Waals surface area (Å²) >= 11 is 0. The molecule has 0 aliphatic carbocycles. The molecule has 0 bridgehead atoms. The van der Waals surface area contributed by atoms with E-state index < -0.39 is 0 Å². The fourth-order valence-corrected chi connectivity index (χ4v) is 1.43. The van der Waals surface area contributed by atoms with Crippen LogP contribution in [0.4, 0.5) is 0 Å². The number of rotatable bonds is 4. The van der Waals surface area contributed by atoms with Gasteiger partial charge in [0.25, 0.3) is 0 Å². The zero-order valence-corrected chi connectivity index (χ0v) is 8.35. The van der Waals surface area contributed by atoms with E-state index in [0.717, 1.165) is 6.42 Å². The standard InChI is InChI=1S/C10H20O/c1-6-9(7(2)3)10(11)8(4)5/h7-9H,6H2,1-5H3. The van der Waals surface area contributed by atoms with Crippen molar-refractivity contribution in [2.24, 2.45) is 17.8 Å². The molecule has 1 unspecified atom stereocenters. The molecule has 0 radical (unpaired) electrons. The van der Waals surface area contributed by atoms with Gasteiger partial charge in [0.05, 0.1) is 0 Å². The second-order valence-electron chi connectivity index (χ2n) is 3.82. The average molecular weight is 156 g/mol. The van der Waals surface area contributed by atoms with Gasteiger partial charge in [0.1, 0.15) is 5.78 Å². The summed E-state index contributed by atoms with van der Waals surface area (Å²) < 4.78 is 0. The van der Waals surface area contributed by atoms with E-state index in [1.807, 2.05) is 13.8 Å². The summed E-state index contributed by atoms with van der Waals surface area (Å²) in [5.74, 6) is 1.38. The Balaban J connectivity index is 4.15. The summed E-state index contributed by atoms with van der Waals surface area (Å²) in [6.45, 7) is 10.3. The first-order valence-electron chi connectivity index (χ1n) is 4.54. The van der Waals surface area contributed by atoms with Gasteiger partial charge < -0.3 is 0 Å². The molecule has 0 rings (SSSR count). The minimum Gasteiger partial charge on any atom is -0.299 e. The molecule has 66 valence electrons. The predicted molar refractivity (Wildman–Crippen MR) is 48.5 cm³/mol. The lowest BCUT2D eigenvalue weighted by atomic mass is 9.84. The average Bonchev–Trinajstić information content (AvgIpc) is 1.88. The Bertz CT molecular complexity index is 125. The molecular formula is C10H20O. The molecule has 0 aromatic rings. The van der Waals surface area contributed by atoms with Crippen LogP contribution >= 0.6 is 0 Å². The molecule has 0 saturated heterocycles. The van der Waals surface area contributed by atoms with E-state index in [1.165, 1.54) is 0 Å². The maximum atomic E-state index is 11.5. The summed E-state index contributed by atoms with van der Waals surface area (Å²) in [5.41, 5.74) is 0. The highest BCUT2D eigenvalue weighted by atomic mass is 16.1. The highest BCUT2D eigenvalue weighted by molar-refractivity contribution is 5.82. The van der Waals surface area contributed by atoms with Crippen molar-refractivity contribution in [3.05, 3.63) is 0 Å². The fraction of sp³-hybridized carbons (Fsp3) is 0.900. The Morgan fingerprint density at radius 1 is 1.18 bits per heavy atom. The number of Topliss-reactive ketones (excluding diaryl/α,β-unsaturated/α-hetero) is 1. The predicted octanol–water partition coefficient (Wildman–Crippen LogP) is 2.89. The van der Waals surface area contributed by atoms with Gasteiger partial charge >= 0.3 is 0 Å². The van der Waals surface area contributed by atoms with E-state index in [2.05, 4.69) is 20.8 Å². The van der Waals surface area contributed by atoms with Gasteiger partial charge in [0.15, 0.2) is 0 Å². The van der Waals surface area contributed by atoms with Crippen molar-refractivity contribution < 1.29 is 4.79 Å². The summed E-state index contributed by atoms with van der Waals surface area (Å²) in [7, 11) is 0. The van der Waals surface area contributed by atoms with Crippen LogP contribution in [0.1, 0.15) is 41.0 Å². The third-order valence-corrected chi connectivity index (χ3v) is 2.18. The molecule has 0 spiro atoms. The number of carbonyl (C=O) groups is 1. The third kappa shape index (κ3) is 3.04. The summed E-state index contributed by atoms with van der Waals surface area (Å²) in [6, 6.07) is 0. The van der Waals surface area contributed by atoms with Gasteiger partial charge in [0.2, 0.25) is 0 Å². The van der Waals surface area contributed by atoms with Crippen LogP contribution in [0, 0.1) is 17.8 Å². The Morgan fingerprint density at radius 3 is 1.73 bits per heavy atom. The van der Waals surface area contributed by atoms with Gasteiger partial charge in [-0.1, -0.05) is 34.6 Å². The molecule has 0 fully saturated rings. The minimum absolute atomic E-state index is 0.197. The first-order valence-corrected chi connectivity index (χ1v) is 4.54. The van der Waals surface area contributed by atoms with Crippen molar-refractivity contribution in [3.8, 4) is 0 Å². The van der Waals surface area contributed by atoms with E-state index in [4.69, 9.17) is 0 Å². The lowest BCUT2D eigenvalue weighted by Gasteiger charge is -2.19. The van der Waals surface area contributed by atoms with Crippen molar-refractivity contribution in [1.29, 1.82) is 0 Å². The van der Waals surface area contributed by atoms with Crippen LogP contribution in [-0.2, 0) is 4.79 Å². The molecular weight excluding hydrogens is 136 g/mol. The molecule has 0 aliphatic heterocycles. The Morgan fingerprint density at radius 2 is 1.64 bits per heavy atom. The molecule has 0 aromatic heterocycles. The quantitative estimate of drug-likeness (QED) is 0.611. The third-order valence-electron chi connectivity index (χ3n) is 2.18. The van der Waals surface area contributed by atoms with E-state index in [1.54, 1.807) is 0 Å². The molecule has 0 N–H and O–H groups in total. The normalized spacial score (nSPS) is 14.1. The minimum atomic E-state index is 0.197. The van der Waals surface area contributed by atoms with Crippen molar-refractivity contribution in [1.82, 2.24) is 0 Å². The molecule has 0 saturated carbocycles. The summed E-state index contributed by atoms with van der Waals surface area (Å²) in [4.78, 5) is 11.5. The molecule has 0 aliphatic rings. The van der Waals surface area contributed by atoms with E-state index >= 15 is 0 Å². The molecule has 1 heteroatoms. The van der Waals surface area contributed by atoms with Gasteiger partial charge in [-0.05, 0) is 12.3 Å². The van der Waals surface area contributed by atoms with Gasteiger partial charge in [-0.25, -0.2) is 0 Å². The molecule has 1 nitrogen and oxygen atoms in total. The second kappa shape index (κ2) is 4.53. The first kappa shape index (κ1) is 10.7. The number of hydrogen-bond acceptors (Lipinski definition) is 1. The summed E-state index contributed by atoms with van der Waals surface area (Å²) in [6.07, 6.45) is 0.981. The van der Waals surface area contributed by atoms with Gasteiger partial charge in [-0.15, -0.1) is 0 Å². The zero-order valence-electron chi connectivity index (χ0n) is 8.35. The van der Waals surface area contributed by atoms with Crippen LogP contribution in [0.5, 0.6) is 0 Å². The molecule has 11 heavy (non-hydrogen) atoms. The van der Waals surface area contributed by atoms with Gasteiger partial charge in [-0.3, -0.25) is 4.79 Å². The maximum absolute atomic E-state index is 11.5. The maximum Gasteiger partial charge on any atom is 0.138 e. The van der Waals surface area contributed by atoms with E-state index in [0.29, 0.717) is 11.7 Å². The van der Waals surface area contributed by atoms with E-state index in [9.17, 15) is 4.79 Å². The van der Waals surface area contributed by atoms with Gasteiger partial charge in [-0.2, -0.15) is 0 Å². The molecule has 0 amide bonds. The highest BCUT2D eigenvalue weighted by Crippen LogP contribution is 2.19. The smallest absolute Gasteiger partial charge is 0.138 e. The van der Waals surface area contributed by atoms with Crippen LogP contribution in [-0.4, -0.2) is 5.78 Å². The molecule has 0 heterocycles. The van der Waals surface area contributed by atoms with Crippen molar-refractivity contribution in [2.75, 3.05) is 0 Å². The largest absolute Gasteiger partial charge is 0.299 e. The number of ketones is 1. The van der Waals surface area contributed by atoms with Crippen LogP contribution in [0.2, 0.25) is 0 Å². The van der Waals surface area contributed by atoms with Crippen LogP contribution < -0.4 is 0 Å². The SMILES string of the molecule is CCC(C(=O)C(C)C)C(C)C. The van der Waals surface area contributed by atoms with Crippen molar-refractivity contribution in [2.45, 2.75) is 41.0 Å². The molecule has 1 atom stereocenters. The monoisotopic (exact) mass is 156 g/mol. The van der Waals surface area contributed by atoms with Crippen molar-refractivity contribution in [3.63, 3.8) is 0 Å². The Labute approximate surface area is 70.2 Å². The Hall–Kier alpha value is -0.330. The zero-order chi connectivity index (χ0) is 9.02. The number of carbonyl (C=O) groups excluding carboxylic acids is 1. The number of hydrogen-bond donors (Lipinski definition) is 0. The lowest BCUT2D eigenvalue weighted by molar-refractivity contribution is -0.127. The van der Waals surface area contributed by atoms with Crippen LogP contribution in [0.15, 0.2) is 0 Å². The van der Waals surface area contributed by atoms with Crippen LogP contribution in [0.3, 0.4) is 0 Å². The Kier molecular flexibility index (Phi) is 4.39. The highest BCUT2D eigenvalue weighted by Gasteiger charge is 2.21. The molecule has 0 aromatic carbocycles.